The number of aliphatic hydroxyl groups is 1. The maximum absolute atomic E-state index is 14.3. The minimum absolute atomic E-state index is 0.111. The van der Waals surface area contributed by atoms with Crippen molar-refractivity contribution < 1.29 is 23.4 Å². The summed E-state index contributed by atoms with van der Waals surface area (Å²) >= 11 is 0. The van der Waals surface area contributed by atoms with Gasteiger partial charge in [-0.05, 0) is 25.1 Å². The Labute approximate surface area is 164 Å². The van der Waals surface area contributed by atoms with Gasteiger partial charge in [0.15, 0.2) is 11.2 Å². The van der Waals surface area contributed by atoms with E-state index in [1.54, 1.807) is 41.9 Å². The molecule has 29 heavy (non-hydrogen) atoms. The molecule has 0 saturated carbocycles. The zero-order valence-electron chi connectivity index (χ0n) is 15.7. The van der Waals surface area contributed by atoms with Gasteiger partial charge in [0, 0.05) is 29.8 Å². The highest BCUT2D eigenvalue weighted by atomic mass is 19.3. The predicted molar refractivity (Wildman–Crippen MR) is 103 cm³/mol. The highest BCUT2D eigenvalue weighted by Gasteiger charge is 2.51. The summed E-state index contributed by atoms with van der Waals surface area (Å²) < 4.78 is 35.0. The molecule has 3 aromatic rings. The highest BCUT2D eigenvalue weighted by molar-refractivity contribution is 6.01. The van der Waals surface area contributed by atoms with Crippen LogP contribution < -0.4 is 15.1 Å². The van der Waals surface area contributed by atoms with Gasteiger partial charge in [0.05, 0.1) is 23.9 Å². The molecule has 1 atom stereocenters. The van der Waals surface area contributed by atoms with Crippen molar-refractivity contribution in [2.45, 2.75) is 25.7 Å². The van der Waals surface area contributed by atoms with Gasteiger partial charge in [-0.3, -0.25) is 14.5 Å². The number of alkyl halides is 2. The molecule has 8 heteroatoms. The second-order valence-electron chi connectivity index (χ2n) is 6.96. The van der Waals surface area contributed by atoms with E-state index in [9.17, 15) is 23.5 Å². The number of ether oxygens (including phenoxy) is 1. The predicted octanol–water partition coefficient (Wildman–Crippen LogP) is 3.11. The van der Waals surface area contributed by atoms with Crippen molar-refractivity contribution in [3.63, 3.8) is 0 Å². The Hall–Kier alpha value is -3.26. The highest BCUT2D eigenvalue weighted by Crippen LogP contribution is 2.44. The average Bonchev–Trinajstić information content (AvgIpc) is 2.68. The molecule has 1 aliphatic heterocycles. The Balaban J connectivity index is 1.87. The van der Waals surface area contributed by atoms with Crippen LogP contribution in [0.4, 0.5) is 14.5 Å². The number of anilines is 1. The second-order valence-corrected chi connectivity index (χ2v) is 6.96. The number of hydrogen-bond acceptors (Lipinski definition) is 4. The molecule has 150 valence electrons. The summed E-state index contributed by atoms with van der Waals surface area (Å²) in [7, 11) is 1.70. The molecule has 0 fully saturated rings. The fourth-order valence-electron chi connectivity index (χ4n) is 3.56. The van der Waals surface area contributed by atoms with Crippen molar-refractivity contribution in [3.8, 4) is 5.75 Å². The van der Waals surface area contributed by atoms with Crippen LogP contribution in [-0.2, 0) is 18.4 Å². The van der Waals surface area contributed by atoms with Gasteiger partial charge < -0.3 is 14.4 Å². The van der Waals surface area contributed by atoms with Gasteiger partial charge in [-0.1, -0.05) is 24.3 Å². The summed E-state index contributed by atoms with van der Waals surface area (Å²) in [6.45, 7) is 1.16. The molecule has 1 N–H and O–H groups in total. The first-order chi connectivity index (χ1) is 13.7. The summed E-state index contributed by atoms with van der Waals surface area (Å²) in [6.07, 6.45) is -5.16. The van der Waals surface area contributed by atoms with E-state index in [0.29, 0.717) is 16.6 Å². The lowest BCUT2D eigenvalue weighted by atomic mass is 10.1. The van der Waals surface area contributed by atoms with Crippen LogP contribution >= 0.6 is 0 Å². The van der Waals surface area contributed by atoms with Crippen LogP contribution in [0.25, 0.3) is 10.9 Å². The van der Waals surface area contributed by atoms with Crippen molar-refractivity contribution in [1.29, 1.82) is 0 Å². The zero-order chi connectivity index (χ0) is 20.9. The van der Waals surface area contributed by atoms with Crippen LogP contribution in [0.5, 0.6) is 5.75 Å². The third kappa shape index (κ3) is 3.05. The van der Waals surface area contributed by atoms with E-state index >= 15 is 0 Å². The molecular weight excluding hydrogens is 382 g/mol. The molecule has 1 aromatic heterocycles. The number of carbonyl (C=O) groups excluding carboxylic acids is 1. The van der Waals surface area contributed by atoms with Gasteiger partial charge in [-0.2, -0.15) is 8.78 Å². The summed E-state index contributed by atoms with van der Waals surface area (Å²) in [5.74, 6) is -1.79. The van der Waals surface area contributed by atoms with Gasteiger partial charge in [-0.15, -0.1) is 0 Å². The molecule has 1 unspecified atom stereocenters. The number of halogens is 2. The SMILES string of the molecule is CC(O)c1cccc2c1OC(F)(F)C(=O)N2Cc1cc(=O)c2ccccc2n1C. The Morgan fingerprint density at radius 2 is 1.86 bits per heavy atom. The number of carbonyl (C=O) groups is 1. The number of para-hydroxylation sites is 2. The van der Waals surface area contributed by atoms with Crippen molar-refractivity contribution in [2.24, 2.45) is 7.05 Å². The number of aliphatic hydroxyl groups excluding tert-OH is 1. The van der Waals surface area contributed by atoms with E-state index in [1.807, 2.05) is 0 Å². The molecule has 0 bridgehead atoms. The first-order valence-corrected chi connectivity index (χ1v) is 8.98. The van der Waals surface area contributed by atoms with Crippen molar-refractivity contribution in [2.75, 3.05) is 4.90 Å². The number of hydrogen-bond donors (Lipinski definition) is 1. The fraction of sp³-hybridized carbons (Fsp3) is 0.238. The van der Waals surface area contributed by atoms with Crippen LogP contribution in [0, 0.1) is 0 Å². The van der Waals surface area contributed by atoms with Crippen molar-refractivity contribution >= 4 is 22.5 Å². The van der Waals surface area contributed by atoms with Gasteiger partial charge >= 0.3 is 12.0 Å². The lowest BCUT2D eigenvalue weighted by molar-refractivity contribution is -0.193. The fourth-order valence-corrected chi connectivity index (χ4v) is 3.56. The zero-order valence-corrected chi connectivity index (χ0v) is 15.7. The van der Waals surface area contributed by atoms with E-state index in [0.717, 1.165) is 4.90 Å². The summed E-state index contributed by atoms with van der Waals surface area (Å²) in [6, 6.07) is 12.7. The third-order valence-corrected chi connectivity index (χ3v) is 5.07. The summed E-state index contributed by atoms with van der Waals surface area (Å²) in [4.78, 5) is 25.8. The van der Waals surface area contributed by atoms with Crippen molar-refractivity contribution in [3.05, 3.63) is 70.0 Å². The summed E-state index contributed by atoms with van der Waals surface area (Å²) in [5, 5.41) is 10.4. The van der Waals surface area contributed by atoms with E-state index in [2.05, 4.69) is 4.74 Å². The molecule has 1 aliphatic rings. The minimum Gasteiger partial charge on any atom is -0.423 e. The van der Waals surface area contributed by atoms with Crippen molar-refractivity contribution in [1.82, 2.24) is 4.57 Å². The molecule has 0 aliphatic carbocycles. The Morgan fingerprint density at radius 1 is 1.14 bits per heavy atom. The van der Waals surface area contributed by atoms with Crippen LogP contribution in [-0.4, -0.2) is 21.7 Å². The number of pyridine rings is 1. The molecule has 0 spiro atoms. The van der Waals surface area contributed by atoms with E-state index in [-0.39, 0.29) is 29.0 Å². The maximum Gasteiger partial charge on any atom is 0.483 e. The number of nitrogens with zero attached hydrogens (tertiary/aromatic N) is 2. The number of fused-ring (bicyclic) bond motifs is 2. The van der Waals surface area contributed by atoms with Gasteiger partial charge in [0.25, 0.3) is 0 Å². The normalized spacial score (nSPS) is 16.4. The average molecular weight is 400 g/mol. The lowest BCUT2D eigenvalue weighted by Gasteiger charge is -2.35. The van der Waals surface area contributed by atoms with E-state index in [1.165, 1.54) is 25.1 Å². The molecule has 4 rings (SSSR count). The number of rotatable bonds is 3. The van der Waals surface area contributed by atoms with Crippen LogP contribution in [0.1, 0.15) is 24.3 Å². The number of aryl methyl sites for hydroxylation is 1. The molecule has 0 radical (unpaired) electrons. The van der Waals surface area contributed by atoms with E-state index in [4.69, 9.17) is 0 Å². The molecule has 0 saturated heterocycles. The lowest BCUT2D eigenvalue weighted by Crippen LogP contribution is -2.51. The molecular formula is C21H18F2N2O4. The Bertz CT molecular complexity index is 1190. The molecule has 1 amide bonds. The standard InChI is InChI=1S/C21H18F2N2O4/c1-12(26)14-7-5-9-17-19(14)29-21(22,23)20(28)25(17)11-13-10-18(27)15-6-3-4-8-16(15)24(13)2/h3-10,12,26H,11H2,1-2H3. The number of amides is 1. The molecule has 2 aromatic carbocycles. The van der Waals surface area contributed by atoms with Gasteiger partial charge in [0.2, 0.25) is 0 Å². The Morgan fingerprint density at radius 3 is 2.59 bits per heavy atom. The summed E-state index contributed by atoms with van der Waals surface area (Å²) in [5.41, 5.74) is 1.000. The number of aromatic nitrogens is 1. The topological polar surface area (TPSA) is 71.8 Å². The largest absolute Gasteiger partial charge is 0.483 e. The molecule has 6 nitrogen and oxygen atoms in total. The smallest absolute Gasteiger partial charge is 0.423 e. The Kier molecular flexibility index (Phi) is 4.38. The molecule has 2 heterocycles. The quantitative estimate of drug-likeness (QED) is 0.733. The van der Waals surface area contributed by atoms with Crippen LogP contribution in [0.15, 0.2) is 53.3 Å². The van der Waals surface area contributed by atoms with Gasteiger partial charge in [-0.25, -0.2) is 0 Å². The third-order valence-electron chi connectivity index (χ3n) is 5.07. The van der Waals surface area contributed by atoms with E-state index < -0.39 is 18.1 Å². The second kappa shape index (κ2) is 6.66. The number of benzene rings is 2. The maximum atomic E-state index is 14.3. The monoisotopic (exact) mass is 400 g/mol. The first kappa shape index (κ1) is 19.1. The van der Waals surface area contributed by atoms with Gasteiger partial charge in [0.1, 0.15) is 0 Å². The first-order valence-electron chi connectivity index (χ1n) is 8.98. The minimum atomic E-state index is -4.09. The van der Waals surface area contributed by atoms with Crippen LogP contribution in [0.3, 0.4) is 0 Å². The van der Waals surface area contributed by atoms with Crippen LogP contribution in [0.2, 0.25) is 0 Å².